The quantitative estimate of drug-likeness (QED) is 0.683. The van der Waals surface area contributed by atoms with Crippen LogP contribution in [0.15, 0.2) is 89.5 Å². The van der Waals surface area contributed by atoms with Gasteiger partial charge in [-0.1, -0.05) is 24.3 Å². The molecule has 1 aromatic rings. The van der Waals surface area contributed by atoms with E-state index in [-0.39, 0.29) is 0 Å². The molecule has 1 aromatic carbocycles. The molecule has 0 saturated heterocycles. The summed E-state index contributed by atoms with van der Waals surface area (Å²) in [5.41, 5.74) is 3.37. The molecular weight excluding hydrogens is 232 g/mol. The van der Waals surface area contributed by atoms with Crippen LogP contribution in [-0.2, 0) is 0 Å². The standard InChI is InChI=1S/C17H12N2/c1-2-7-16-14(6-1)15-10-12-19-11-4-3-5-13(19)8-9-17(15)18-16/h1-12H. The lowest BCUT2D eigenvalue weighted by molar-refractivity contribution is 0.645. The summed E-state index contributed by atoms with van der Waals surface area (Å²) in [5.74, 6) is 0. The van der Waals surface area contributed by atoms with Crippen molar-refractivity contribution in [3.63, 3.8) is 0 Å². The van der Waals surface area contributed by atoms with Gasteiger partial charge in [0.05, 0.1) is 11.1 Å². The highest BCUT2D eigenvalue weighted by atomic mass is 15.1. The summed E-state index contributed by atoms with van der Waals surface area (Å²) >= 11 is 0. The van der Waals surface area contributed by atoms with E-state index in [1.54, 1.807) is 0 Å². The lowest BCUT2D eigenvalue weighted by Gasteiger charge is -2.20. The Hall–Kier alpha value is -2.61. The van der Waals surface area contributed by atoms with E-state index < -0.39 is 0 Å². The Morgan fingerprint density at radius 3 is 2.84 bits per heavy atom. The van der Waals surface area contributed by atoms with Crippen molar-refractivity contribution in [1.29, 1.82) is 0 Å². The van der Waals surface area contributed by atoms with Crippen LogP contribution in [0, 0.1) is 0 Å². The van der Waals surface area contributed by atoms with Crippen molar-refractivity contribution >= 4 is 5.57 Å². The van der Waals surface area contributed by atoms with Gasteiger partial charge in [0.1, 0.15) is 0 Å². The second-order valence-corrected chi connectivity index (χ2v) is 4.61. The topological polar surface area (TPSA) is 15.6 Å². The van der Waals surface area contributed by atoms with E-state index in [4.69, 9.17) is 0 Å². The second-order valence-electron chi connectivity index (χ2n) is 4.61. The molecule has 0 spiro atoms. The summed E-state index contributed by atoms with van der Waals surface area (Å²) in [5, 5.41) is 2.26. The van der Waals surface area contributed by atoms with Crippen LogP contribution >= 0.6 is 0 Å². The molecular formula is C17H12N2. The van der Waals surface area contributed by atoms with Crippen molar-refractivity contribution < 1.29 is 0 Å². The van der Waals surface area contributed by atoms with Gasteiger partial charge in [0.25, 0.3) is 0 Å². The van der Waals surface area contributed by atoms with Crippen LogP contribution < -0.4 is 10.6 Å². The Kier molecular flexibility index (Phi) is 2.15. The SMILES string of the molecule is C1=CC2=CC=C3N=c4ccccc4=C3C=CN2C=C1. The summed E-state index contributed by atoms with van der Waals surface area (Å²) in [6.45, 7) is 0. The van der Waals surface area contributed by atoms with Crippen LogP contribution in [0.5, 0.6) is 0 Å². The zero-order valence-electron chi connectivity index (χ0n) is 10.3. The number of hydrogen-bond acceptors (Lipinski definition) is 2. The largest absolute Gasteiger partial charge is 0.324 e. The monoisotopic (exact) mass is 244 g/mol. The Morgan fingerprint density at radius 1 is 0.895 bits per heavy atom. The predicted molar refractivity (Wildman–Crippen MR) is 76.1 cm³/mol. The average molecular weight is 244 g/mol. The molecule has 3 aliphatic rings. The minimum atomic E-state index is 1.03. The molecule has 0 aliphatic carbocycles. The fraction of sp³-hybridized carbons (Fsp3) is 0. The van der Waals surface area contributed by atoms with Crippen LogP contribution in [0.4, 0.5) is 0 Å². The highest BCUT2D eigenvalue weighted by Crippen LogP contribution is 2.22. The first-order chi connectivity index (χ1) is 9.42. The van der Waals surface area contributed by atoms with E-state index in [9.17, 15) is 0 Å². The van der Waals surface area contributed by atoms with Crippen molar-refractivity contribution in [2.24, 2.45) is 4.99 Å². The molecule has 0 radical (unpaired) electrons. The zero-order chi connectivity index (χ0) is 12.7. The van der Waals surface area contributed by atoms with Gasteiger partial charge >= 0.3 is 0 Å². The molecule has 3 aliphatic heterocycles. The number of hydrogen-bond donors (Lipinski definition) is 0. The van der Waals surface area contributed by atoms with Crippen molar-refractivity contribution in [3.05, 3.63) is 95.1 Å². The Bertz CT molecular complexity index is 817. The maximum absolute atomic E-state index is 4.68. The van der Waals surface area contributed by atoms with Crippen molar-refractivity contribution in [2.45, 2.75) is 0 Å². The fourth-order valence-electron chi connectivity index (χ4n) is 2.49. The third kappa shape index (κ3) is 1.61. The molecule has 19 heavy (non-hydrogen) atoms. The highest BCUT2D eigenvalue weighted by Gasteiger charge is 2.12. The second kappa shape index (κ2) is 3.95. The van der Waals surface area contributed by atoms with Gasteiger partial charge in [-0.3, -0.25) is 0 Å². The zero-order valence-corrected chi connectivity index (χ0v) is 10.3. The summed E-state index contributed by atoms with van der Waals surface area (Å²) in [4.78, 5) is 6.79. The summed E-state index contributed by atoms with van der Waals surface area (Å²) in [6, 6.07) is 8.26. The van der Waals surface area contributed by atoms with Gasteiger partial charge in [-0.15, -0.1) is 0 Å². The summed E-state index contributed by atoms with van der Waals surface area (Å²) < 4.78 is 0. The number of allylic oxidation sites excluding steroid dienone is 6. The smallest absolute Gasteiger partial charge is 0.0717 e. The molecule has 0 saturated carbocycles. The number of rotatable bonds is 0. The number of benzene rings is 1. The minimum absolute atomic E-state index is 1.03. The van der Waals surface area contributed by atoms with Crippen molar-refractivity contribution in [1.82, 2.24) is 4.90 Å². The molecule has 4 rings (SSSR count). The molecule has 0 aromatic heterocycles. The summed E-state index contributed by atoms with van der Waals surface area (Å²) in [6.07, 6.45) is 16.6. The summed E-state index contributed by atoms with van der Waals surface area (Å²) in [7, 11) is 0. The highest BCUT2D eigenvalue weighted by molar-refractivity contribution is 5.75. The molecule has 90 valence electrons. The predicted octanol–water partition coefficient (Wildman–Crippen LogP) is 2.15. The Balaban J connectivity index is 1.98. The molecule has 2 heteroatoms. The van der Waals surface area contributed by atoms with Gasteiger partial charge in [0.15, 0.2) is 0 Å². The molecule has 0 fully saturated rings. The molecule has 0 bridgehead atoms. The first-order valence-corrected chi connectivity index (χ1v) is 6.34. The molecule has 0 atom stereocenters. The molecule has 2 nitrogen and oxygen atoms in total. The Labute approximate surface area is 111 Å². The van der Waals surface area contributed by atoms with Gasteiger partial charge in [0.2, 0.25) is 0 Å². The lowest BCUT2D eigenvalue weighted by atomic mass is 10.1. The molecule has 0 amide bonds. The van der Waals surface area contributed by atoms with Crippen molar-refractivity contribution in [2.75, 3.05) is 0 Å². The van der Waals surface area contributed by atoms with E-state index in [1.165, 1.54) is 10.8 Å². The third-order valence-corrected chi connectivity index (χ3v) is 3.45. The van der Waals surface area contributed by atoms with Crippen molar-refractivity contribution in [3.8, 4) is 0 Å². The van der Waals surface area contributed by atoms with E-state index in [1.807, 2.05) is 18.2 Å². The number of nitrogens with zero attached hydrogens (tertiary/aromatic N) is 2. The minimum Gasteiger partial charge on any atom is -0.324 e. The Morgan fingerprint density at radius 2 is 1.84 bits per heavy atom. The van der Waals surface area contributed by atoms with E-state index in [0.29, 0.717) is 0 Å². The van der Waals surface area contributed by atoms with E-state index in [2.05, 4.69) is 64.8 Å². The fourth-order valence-corrected chi connectivity index (χ4v) is 2.49. The van der Waals surface area contributed by atoms with Gasteiger partial charge in [-0.25, -0.2) is 4.99 Å². The van der Waals surface area contributed by atoms with Crippen LogP contribution in [-0.4, -0.2) is 4.90 Å². The first-order valence-electron chi connectivity index (χ1n) is 6.34. The van der Waals surface area contributed by atoms with Gasteiger partial charge in [0, 0.05) is 28.9 Å². The van der Waals surface area contributed by atoms with Crippen LogP contribution in [0.1, 0.15) is 0 Å². The van der Waals surface area contributed by atoms with E-state index in [0.717, 1.165) is 16.8 Å². The maximum Gasteiger partial charge on any atom is 0.0717 e. The van der Waals surface area contributed by atoms with Gasteiger partial charge < -0.3 is 4.90 Å². The van der Waals surface area contributed by atoms with Crippen LogP contribution in [0.3, 0.4) is 0 Å². The maximum atomic E-state index is 4.68. The van der Waals surface area contributed by atoms with Crippen LogP contribution in [0.2, 0.25) is 0 Å². The molecule has 0 unspecified atom stereocenters. The number of para-hydroxylation sites is 1. The van der Waals surface area contributed by atoms with Gasteiger partial charge in [-0.05, 0) is 36.4 Å². The van der Waals surface area contributed by atoms with E-state index >= 15 is 0 Å². The number of fused-ring (bicyclic) bond motifs is 3. The molecule has 0 N–H and O–H groups in total. The normalized spacial score (nSPS) is 18.7. The lowest BCUT2D eigenvalue weighted by Crippen LogP contribution is -2.21. The first kappa shape index (κ1) is 10.3. The van der Waals surface area contributed by atoms with Gasteiger partial charge in [-0.2, -0.15) is 0 Å². The molecule has 3 heterocycles. The third-order valence-electron chi connectivity index (χ3n) is 3.45. The van der Waals surface area contributed by atoms with Crippen LogP contribution in [0.25, 0.3) is 5.57 Å². The average Bonchev–Trinajstić information content (AvgIpc) is 2.78.